The van der Waals surface area contributed by atoms with Crippen LogP contribution in [0, 0.1) is 0 Å². The van der Waals surface area contributed by atoms with Crippen molar-refractivity contribution in [2.24, 2.45) is 0 Å². The van der Waals surface area contributed by atoms with Gasteiger partial charge >= 0.3 is 5.97 Å². The zero-order chi connectivity index (χ0) is 61.7. The molecule has 0 spiro atoms. The van der Waals surface area contributed by atoms with Crippen molar-refractivity contribution in [3.8, 4) is 0 Å². The molecular weight excluding hydrogens is 1060 g/mol. The molecule has 0 aromatic rings. The lowest BCUT2D eigenvalue weighted by atomic mass is 9.99. The van der Waals surface area contributed by atoms with Gasteiger partial charge in [0.2, 0.25) is 5.91 Å². The third kappa shape index (κ3) is 47.8. The number of nitrogens with one attached hydrogen (secondary N) is 1. The highest BCUT2D eigenvalue weighted by Gasteiger charge is 2.47. The van der Waals surface area contributed by atoms with Gasteiger partial charge in [-0.2, -0.15) is 0 Å². The van der Waals surface area contributed by atoms with Gasteiger partial charge in [-0.3, -0.25) is 9.59 Å². The molecule has 486 valence electrons. The molecule has 1 fully saturated rings. The lowest BCUT2D eigenvalue weighted by Crippen LogP contribution is -2.61. The fourth-order valence-electron chi connectivity index (χ4n) is 9.96. The fourth-order valence-corrected chi connectivity index (χ4v) is 9.96. The predicted octanol–water partition coefficient (Wildman–Crippen LogP) is 17.4. The molecule has 1 saturated heterocycles. The second-order valence-electron chi connectivity index (χ2n) is 23.2. The first-order chi connectivity index (χ1) is 41.7. The topological polar surface area (TPSA) is 175 Å². The molecule has 0 saturated carbocycles. The second kappa shape index (κ2) is 60.3. The number of amides is 1. The molecule has 0 bridgehead atoms. The molecule has 85 heavy (non-hydrogen) atoms. The quantitative estimate of drug-likeness (QED) is 0.0195. The Hall–Kier alpha value is -3.94. The van der Waals surface area contributed by atoms with Gasteiger partial charge in [-0.1, -0.05) is 271 Å². The first-order valence-electron chi connectivity index (χ1n) is 34.3. The summed E-state index contributed by atoms with van der Waals surface area (Å²) in [5.74, 6) is -1.22. The number of rotatable bonds is 57. The van der Waals surface area contributed by atoms with Crippen molar-refractivity contribution in [3.63, 3.8) is 0 Å². The summed E-state index contributed by atoms with van der Waals surface area (Å²) in [6.45, 7) is 5.63. The maximum atomic E-state index is 13.5. The van der Waals surface area contributed by atoms with Gasteiger partial charge in [0.1, 0.15) is 24.4 Å². The standard InChI is InChI=1S/C74H125NO10/c1-4-7-10-13-16-19-22-24-26-28-30-32-34-36-38-40-42-44-47-50-53-56-59-62-69(79)85-72-71(81)70(80)68(63-76)84-74(72)83-64-65(66(77)60-57-54-51-48-45-21-18-15-12-9-6-3)75-73(82)67(78)61-58-55-52-49-46-43-41-39-37-35-33-31-29-27-25-23-20-17-14-11-8-5-2/h8,11,16-17,19-20,24-27,30-33,36-39,57,60,65-68,70-72,74,76-78,80-81H,4-7,9-10,12-15,18,21-23,28-29,34-35,40-56,58-59,61-64H2,1-3H3,(H,75,82)/b11-8-,19-16-,20-17-,26-24-,27-25-,32-30-,33-31-,38-36-,39-37-,60-57+. The van der Waals surface area contributed by atoms with Gasteiger partial charge in [0, 0.05) is 6.42 Å². The highest BCUT2D eigenvalue weighted by Crippen LogP contribution is 2.26. The molecule has 0 radical (unpaired) electrons. The Balaban J connectivity index is 2.61. The average Bonchev–Trinajstić information content (AvgIpc) is 3.63. The largest absolute Gasteiger partial charge is 0.454 e. The third-order valence-corrected chi connectivity index (χ3v) is 15.3. The third-order valence-electron chi connectivity index (χ3n) is 15.3. The Kier molecular flexibility index (Phi) is 56.1. The van der Waals surface area contributed by atoms with E-state index >= 15 is 0 Å². The SMILES string of the molecule is CC/C=C\C/C=C\C/C=C\C/C=C\C/C=C\CCCCCCCCC(O)C(=O)NC(COC1OC(CO)C(O)C(O)C1OC(=O)CCCCCCCCC/C=C\C/C=C\C/C=C\C/C=C\CCCCC)C(O)/C=C/CCCCCCCCCCC. The van der Waals surface area contributed by atoms with Gasteiger partial charge < -0.3 is 45.1 Å². The lowest BCUT2D eigenvalue weighted by Gasteiger charge is -2.41. The van der Waals surface area contributed by atoms with Gasteiger partial charge in [0.15, 0.2) is 12.4 Å². The van der Waals surface area contributed by atoms with Crippen LogP contribution in [-0.4, -0.2) is 99.6 Å². The minimum Gasteiger partial charge on any atom is -0.454 e. The van der Waals surface area contributed by atoms with Crippen molar-refractivity contribution >= 4 is 11.9 Å². The van der Waals surface area contributed by atoms with Crippen molar-refractivity contribution < 1.29 is 49.3 Å². The van der Waals surface area contributed by atoms with Crippen molar-refractivity contribution in [3.05, 3.63) is 122 Å². The van der Waals surface area contributed by atoms with Gasteiger partial charge in [0.05, 0.1) is 25.4 Å². The van der Waals surface area contributed by atoms with Crippen molar-refractivity contribution in [2.75, 3.05) is 13.2 Å². The highest BCUT2D eigenvalue weighted by atomic mass is 16.7. The minimum atomic E-state index is -1.63. The Bertz CT molecular complexity index is 1850. The summed E-state index contributed by atoms with van der Waals surface area (Å²) < 4.78 is 17.7. The Labute approximate surface area is 519 Å². The highest BCUT2D eigenvalue weighted by molar-refractivity contribution is 5.80. The van der Waals surface area contributed by atoms with Crippen LogP contribution in [0.5, 0.6) is 0 Å². The second-order valence-corrected chi connectivity index (χ2v) is 23.2. The first kappa shape index (κ1) is 79.1. The van der Waals surface area contributed by atoms with Crippen LogP contribution in [0.3, 0.4) is 0 Å². The molecule has 8 unspecified atom stereocenters. The van der Waals surface area contributed by atoms with E-state index in [9.17, 15) is 35.1 Å². The van der Waals surface area contributed by atoms with E-state index in [1.807, 2.05) is 6.08 Å². The Morgan fingerprint density at radius 2 is 0.847 bits per heavy atom. The van der Waals surface area contributed by atoms with E-state index in [1.54, 1.807) is 6.08 Å². The van der Waals surface area contributed by atoms with E-state index in [0.29, 0.717) is 12.8 Å². The molecule has 0 aromatic heterocycles. The molecule has 0 aliphatic carbocycles. The van der Waals surface area contributed by atoms with Crippen LogP contribution in [0.1, 0.15) is 271 Å². The summed E-state index contributed by atoms with van der Waals surface area (Å²) in [7, 11) is 0. The predicted molar refractivity (Wildman–Crippen MR) is 356 cm³/mol. The normalized spacial score (nSPS) is 19.2. The zero-order valence-corrected chi connectivity index (χ0v) is 53.9. The molecule has 1 aliphatic heterocycles. The smallest absolute Gasteiger partial charge is 0.306 e. The van der Waals surface area contributed by atoms with Crippen molar-refractivity contribution in [1.82, 2.24) is 5.32 Å². The van der Waals surface area contributed by atoms with E-state index in [4.69, 9.17) is 14.2 Å². The summed E-state index contributed by atoms with van der Waals surface area (Å²) in [6, 6.07) is -1.04. The van der Waals surface area contributed by atoms with Gasteiger partial charge in [0.25, 0.3) is 0 Å². The molecule has 6 N–H and O–H groups in total. The lowest BCUT2D eigenvalue weighted by molar-refractivity contribution is -0.305. The number of esters is 1. The number of carbonyl (C=O) groups excluding carboxylic acids is 2. The van der Waals surface area contributed by atoms with Gasteiger partial charge in [-0.25, -0.2) is 0 Å². The maximum absolute atomic E-state index is 13.5. The minimum absolute atomic E-state index is 0.104. The maximum Gasteiger partial charge on any atom is 0.306 e. The van der Waals surface area contributed by atoms with Crippen LogP contribution < -0.4 is 5.32 Å². The molecule has 11 nitrogen and oxygen atoms in total. The average molecular weight is 1190 g/mol. The molecular formula is C74H125NO10. The number of aliphatic hydroxyl groups is 5. The number of hydrogen-bond donors (Lipinski definition) is 6. The molecule has 0 aromatic carbocycles. The number of carbonyl (C=O) groups is 2. The van der Waals surface area contributed by atoms with Crippen molar-refractivity contribution in [1.29, 1.82) is 0 Å². The number of ether oxygens (including phenoxy) is 3. The summed E-state index contributed by atoms with van der Waals surface area (Å²) in [5, 5.41) is 57.1. The summed E-state index contributed by atoms with van der Waals surface area (Å²) >= 11 is 0. The summed E-state index contributed by atoms with van der Waals surface area (Å²) in [6.07, 6.45) is 73.7. The van der Waals surface area contributed by atoms with E-state index in [1.165, 1.54) is 64.2 Å². The van der Waals surface area contributed by atoms with Crippen LogP contribution in [0.4, 0.5) is 0 Å². The van der Waals surface area contributed by atoms with E-state index in [2.05, 4.69) is 135 Å². The van der Waals surface area contributed by atoms with E-state index in [0.717, 1.165) is 161 Å². The summed E-state index contributed by atoms with van der Waals surface area (Å²) in [5.41, 5.74) is 0. The zero-order valence-electron chi connectivity index (χ0n) is 53.9. The fraction of sp³-hybridized carbons (Fsp3) is 0.703. The van der Waals surface area contributed by atoms with Crippen molar-refractivity contribution in [2.45, 2.75) is 320 Å². The Morgan fingerprint density at radius 3 is 1.29 bits per heavy atom. The van der Waals surface area contributed by atoms with Gasteiger partial charge in [-0.15, -0.1) is 0 Å². The number of allylic oxidation sites excluding steroid dienone is 19. The number of unbranched alkanes of at least 4 members (excludes halogenated alkanes) is 25. The molecule has 1 heterocycles. The van der Waals surface area contributed by atoms with E-state index in [-0.39, 0.29) is 19.4 Å². The molecule has 1 rings (SSSR count). The van der Waals surface area contributed by atoms with Crippen LogP contribution in [0.2, 0.25) is 0 Å². The Morgan fingerprint density at radius 1 is 0.471 bits per heavy atom. The number of aliphatic hydroxyl groups excluding tert-OH is 5. The molecule has 8 atom stereocenters. The first-order valence-corrected chi connectivity index (χ1v) is 34.3. The van der Waals surface area contributed by atoms with Crippen LogP contribution in [-0.2, 0) is 23.8 Å². The molecule has 1 amide bonds. The van der Waals surface area contributed by atoms with Crippen LogP contribution in [0.25, 0.3) is 0 Å². The van der Waals surface area contributed by atoms with Crippen LogP contribution in [0.15, 0.2) is 122 Å². The monoisotopic (exact) mass is 1190 g/mol. The molecule has 1 aliphatic rings. The summed E-state index contributed by atoms with van der Waals surface area (Å²) in [4.78, 5) is 26.6. The van der Waals surface area contributed by atoms with Crippen LogP contribution >= 0.6 is 0 Å². The molecule has 11 heteroatoms. The number of hydrogen-bond acceptors (Lipinski definition) is 10. The van der Waals surface area contributed by atoms with Gasteiger partial charge in [-0.05, 0) is 116 Å². The van der Waals surface area contributed by atoms with E-state index < -0.39 is 67.4 Å².